The zero-order valence-corrected chi connectivity index (χ0v) is 16.8. The van der Waals surface area contributed by atoms with Gasteiger partial charge in [-0.2, -0.15) is 0 Å². The van der Waals surface area contributed by atoms with Crippen molar-refractivity contribution >= 4 is 17.7 Å². The molecule has 0 spiro atoms. The number of pyridine rings is 2. The highest BCUT2D eigenvalue weighted by atomic mass is 32.2. The number of amides is 1. The Hall–Kier alpha value is -2.86. The van der Waals surface area contributed by atoms with E-state index in [0.717, 1.165) is 27.7 Å². The first kappa shape index (κ1) is 19.9. The van der Waals surface area contributed by atoms with E-state index in [1.54, 1.807) is 36.4 Å². The molecule has 5 nitrogen and oxygen atoms in total. The second kappa shape index (κ2) is 9.90. The molecular formula is C22H23N3O2S. The van der Waals surface area contributed by atoms with Crippen molar-refractivity contribution in [2.24, 2.45) is 0 Å². The topological polar surface area (TPSA) is 64.1 Å². The van der Waals surface area contributed by atoms with Crippen LogP contribution < -0.4 is 10.1 Å². The summed E-state index contributed by atoms with van der Waals surface area (Å²) in [5, 5.41) is 3.89. The summed E-state index contributed by atoms with van der Waals surface area (Å²) in [6.45, 7) is 4.50. The molecule has 0 aliphatic heterocycles. The van der Waals surface area contributed by atoms with Crippen molar-refractivity contribution in [3.63, 3.8) is 0 Å². The third kappa shape index (κ3) is 5.57. The highest BCUT2D eigenvalue weighted by Crippen LogP contribution is 2.20. The Bertz CT molecular complexity index is 901. The number of nitrogens with zero attached hydrogens (tertiary/aromatic N) is 2. The van der Waals surface area contributed by atoms with Crippen molar-refractivity contribution in [3.8, 4) is 5.75 Å². The lowest BCUT2D eigenvalue weighted by Crippen LogP contribution is -2.26. The minimum absolute atomic E-state index is 0.107. The first-order valence-corrected chi connectivity index (χ1v) is 10.2. The maximum absolute atomic E-state index is 12.5. The number of hydrogen-bond donors (Lipinski definition) is 1. The van der Waals surface area contributed by atoms with E-state index in [9.17, 15) is 4.79 Å². The third-order valence-electron chi connectivity index (χ3n) is 4.15. The number of thioether (sulfide) groups is 1. The van der Waals surface area contributed by atoms with Crippen LogP contribution in [0.25, 0.3) is 0 Å². The SMILES string of the molecule is CCSc1cc(C(=O)NC(C)c2ccc(OCc3cccnc3)cc2)ccn1. The minimum atomic E-state index is -0.115. The predicted octanol–water partition coefficient (Wildman–Crippen LogP) is 4.66. The largest absolute Gasteiger partial charge is 0.489 e. The number of rotatable bonds is 8. The van der Waals surface area contributed by atoms with Crippen LogP contribution in [0, 0.1) is 0 Å². The molecule has 1 aromatic carbocycles. The van der Waals surface area contributed by atoms with Crippen molar-refractivity contribution in [1.29, 1.82) is 0 Å². The molecule has 0 fully saturated rings. The van der Waals surface area contributed by atoms with E-state index in [1.807, 2.05) is 49.4 Å². The molecule has 144 valence electrons. The molecule has 1 unspecified atom stereocenters. The van der Waals surface area contributed by atoms with E-state index in [1.165, 1.54) is 0 Å². The third-order valence-corrected chi connectivity index (χ3v) is 4.95. The molecule has 0 saturated carbocycles. The van der Waals surface area contributed by atoms with Gasteiger partial charge in [0.1, 0.15) is 12.4 Å². The second-order valence-electron chi connectivity index (χ2n) is 6.23. The molecule has 3 aromatic rings. The van der Waals surface area contributed by atoms with Crippen LogP contribution >= 0.6 is 11.8 Å². The van der Waals surface area contributed by atoms with E-state index in [4.69, 9.17) is 4.74 Å². The fourth-order valence-electron chi connectivity index (χ4n) is 2.64. The normalized spacial score (nSPS) is 11.6. The van der Waals surface area contributed by atoms with E-state index in [0.29, 0.717) is 12.2 Å². The number of benzene rings is 1. The van der Waals surface area contributed by atoms with Gasteiger partial charge in [-0.3, -0.25) is 9.78 Å². The molecule has 2 heterocycles. The summed E-state index contributed by atoms with van der Waals surface area (Å²) in [7, 11) is 0. The molecule has 0 aliphatic carbocycles. The van der Waals surface area contributed by atoms with Crippen LogP contribution in [0.1, 0.15) is 41.4 Å². The molecule has 3 rings (SSSR count). The molecule has 1 N–H and O–H groups in total. The minimum Gasteiger partial charge on any atom is -0.489 e. The van der Waals surface area contributed by atoms with Gasteiger partial charge in [0, 0.05) is 29.7 Å². The van der Waals surface area contributed by atoms with Crippen molar-refractivity contribution in [2.45, 2.75) is 31.5 Å². The standard InChI is InChI=1S/C22H23N3O2S/c1-3-28-21-13-19(10-12-24-21)22(26)25-16(2)18-6-8-20(9-7-18)27-15-17-5-4-11-23-14-17/h4-14,16H,3,15H2,1-2H3,(H,25,26). The van der Waals surface area contributed by atoms with Gasteiger partial charge >= 0.3 is 0 Å². The van der Waals surface area contributed by atoms with Gasteiger partial charge in [-0.1, -0.05) is 25.1 Å². The fraction of sp³-hybridized carbons (Fsp3) is 0.227. The van der Waals surface area contributed by atoms with Crippen LogP contribution in [0.3, 0.4) is 0 Å². The van der Waals surface area contributed by atoms with Crippen molar-refractivity contribution in [3.05, 3.63) is 83.8 Å². The summed E-state index contributed by atoms with van der Waals surface area (Å²) < 4.78 is 5.78. The fourth-order valence-corrected chi connectivity index (χ4v) is 3.29. The maximum atomic E-state index is 12.5. The first-order valence-electron chi connectivity index (χ1n) is 9.17. The molecule has 28 heavy (non-hydrogen) atoms. The van der Waals surface area contributed by atoms with Crippen LogP contribution in [0.4, 0.5) is 0 Å². The van der Waals surface area contributed by atoms with Gasteiger partial charge in [0.25, 0.3) is 5.91 Å². The molecule has 1 atom stereocenters. The Labute approximate surface area is 169 Å². The zero-order valence-electron chi connectivity index (χ0n) is 16.0. The number of carbonyl (C=O) groups is 1. The van der Waals surface area contributed by atoms with E-state index in [-0.39, 0.29) is 11.9 Å². The number of hydrogen-bond acceptors (Lipinski definition) is 5. The Balaban J connectivity index is 1.57. The number of nitrogens with one attached hydrogen (secondary N) is 1. The molecule has 2 aromatic heterocycles. The number of ether oxygens (including phenoxy) is 1. The Morgan fingerprint density at radius 3 is 2.71 bits per heavy atom. The molecular weight excluding hydrogens is 370 g/mol. The van der Waals surface area contributed by atoms with Gasteiger partial charge in [-0.05, 0) is 48.6 Å². The summed E-state index contributed by atoms with van der Waals surface area (Å²) in [5.74, 6) is 1.59. The summed E-state index contributed by atoms with van der Waals surface area (Å²) in [5.41, 5.74) is 2.65. The number of aromatic nitrogens is 2. The van der Waals surface area contributed by atoms with E-state index < -0.39 is 0 Å². The van der Waals surface area contributed by atoms with Crippen molar-refractivity contribution < 1.29 is 9.53 Å². The Kier molecular flexibility index (Phi) is 7.03. The lowest BCUT2D eigenvalue weighted by Gasteiger charge is -2.15. The molecule has 0 saturated heterocycles. The zero-order chi connectivity index (χ0) is 19.8. The number of carbonyl (C=O) groups excluding carboxylic acids is 1. The average molecular weight is 394 g/mol. The Morgan fingerprint density at radius 2 is 2.00 bits per heavy atom. The smallest absolute Gasteiger partial charge is 0.251 e. The molecule has 1 amide bonds. The lowest BCUT2D eigenvalue weighted by molar-refractivity contribution is 0.0939. The van der Waals surface area contributed by atoms with Gasteiger partial charge in [0.2, 0.25) is 0 Å². The predicted molar refractivity (Wildman–Crippen MR) is 112 cm³/mol. The highest BCUT2D eigenvalue weighted by molar-refractivity contribution is 7.99. The van der Waals surface area contributed by atoms with Crippen LogP contribution in [0.2, 0.25) is 0 Å². The van der Waals surface area contributed by atoms with E-state index >= 15 is 0 Å². The monoisotopic (exact) mass is 393 g/mol. The van der Waals surface area contributed by atoms with E-state index in [2.05, 4.69) is 22.2 Å². The van der Waals surface area contributed by atoms with Crippen LogP contribution in [-0.4, -0.2) is 21.6 Å². The highest BCUT2D eigenvalue weighted by Gasteiger charge is 2.12. The molecule has 0 aliphatic rings. The molecule has 6 heteroatoms. The van der Waals surface area contributed by atoms with Crippen molar-refractivity contribution in [1.82, 2.24) is 15.3 Å². The summed E-state index contributed by atoms with van der Waals surface area (Å²) in [6, 6.07) is 15.1. The van der Waals surface area contributed by atoms with Gasteiger partial charge in [-0.25, -0.2) is 4.98 Å². The van der Waals surface area contributed by atoms with Crippen LogP contribution in [0.15, 0.2) is 72.1 Å². The van der Waals surface area contributed by atoms with Crippen LogP contribution in [0.5, 0.6) is 5.75 Å². The van der Waals surface area contributed by atoms with Gasteiger partial charge in [-0.15, -0.1) is 11.8 Å². The van der Waals surface area contributed by atoms with Gasteiger partial charge < -0.3 is 10.1 Å². The summed E-state index contributed by atoms with van der Waals surface area (Å²) in [4.78, 5) is 20.9. The Morgan fingerprint density at radius 1 is 1.18 bits per heavy atom. The van der Waals surface area contributed by atoms with Crippen LogP contribution in [-0.2, 0) is 6.61 Å². The quantitative estimate of drug-likeness (QED) is 0.564. The maximum Gasteiger partial charge on any atom is 0.251 e. The van der Waals surface area contributed by atoms with Gasteiger partial charge in [0.05, 0.1) is 11.1 Å². The van der Waals surface area contributed by atoms with Crippen molar-refractivity contribution in [2.75, 3.05) is 5.75 Å². The molecule has 0 bridgehead atoms. The summed E-state index contributed by atoms with van der Waals surface area (Å²) >= 11 is 1.62. The lowest BCUT2D eigenvalue weighted by atomic mass is 10.1. The second-order valence-corrected chi connectivity index (χ2v) is 7.51. The average Bonchev–Trinajstić information content (AvgIpc) is 2.74. The molecule has 0 radical (unpaired) electrons. The summed E-state index contributed by atoms with van der Waals surface area (Å²) in [6.07, 6.45) is 5.20. The van der Waals surface area contributed by atoms with Gasteiger partial charge in [0.15, 0.2) is 0 Å². The first-order chi connectivity index (χ1) is 13.7.